The Balaban J connectivity index is 1.61. The summed E-state index contributed by atoms with van der Waals surface area (Å²) in [4.78, 5) is 12.4. The van der Waals surface area contributed by atoms with E-state index < -0.39 is 0 Å². The van der Waals surface area contributed by atoms with Crippen molar-refractivity contribution in [3.63, 3.8) is 0 Å². The van der Waals surface area contributed by atoms with Crippen molar-refractivity contribution in [3.05, 3.63) is 64.7 Å². The number of carbonyl (C=O) groups is 1. The Morgan fingerprint density at radius 3 is 2.46 bits per heavy atom. The summed E-state index contributed by atoms with van der Waals surface area (Å²) in [6.45, 7) is 4.12. The third-order valence-corrected chi connectivity index (χ3v) is 5.77. The molecular formula is C21H23ClN4OS. The number of carbonyl (C=O) groups excluding carboxylic acids is 1. The largest absolute Gasteiger partial charge is 0.349 e. The highest BCUT2D eigenvalue weighted by Gasteiger charge is 2.16. The van der Waals surface area contributed by atoms with Gasteiger partial charge in [-0.05, 0) is 43.2 Å². The molecule has 7 heteroatoms. The third kappa shape index (κ3) is 4.94. The van der Waals surface area contributed by atoms with E-state index in [0.717, 1.165) is 23.4 Å². The maximum absolute atomic E-state index is 12.4. The third-order valence-electron chi connectivity index (χ3n) is 4.49. The van der Waals surface area contributed by atoms with Crippen LogP contribution in [0.15, 0.2) is 53.7 Å². The molecule has 0 bridgehead atoms. The van der Waals surface area contributed by atoms with Gasteiger partial charge < -0.3 is 9.88 Å². The number of amides is 1. The molecule has 1 aromatic heterocycles. The zero-order valence-corrected chi connectivity index (χ0v) is 17.7. The van der Waals surface area contributed by atoms with E-state index in [1.54, 1.807) is 0 Å². The van der Waals surface area contributed by atoms with Crippen LogP contribution in [0.2, 0.25) is 5.02 Å². The van der Waals surface area contributed by atoms with E-state index in [-0.39, 0.29) is 17.7 Å². The number of nitrogens with one attached hydrogen (secondary N) is 1. The van der Waals surface area contributed by atoms with E-state index in [0.29, 0.717) is 10.2 Å². The van der Waals surface area contributed by atoms with Gasteiger partial charge in [0.15, 0.2) is 11.0 Å². The fraction of sp³-hybridized carbons (Fsp3) is 0.286. The standard InChI is InChI=1S/C21H23ClN4OS/c1-4-18(15-7-5-14(2)6-8-15)23-19(27)13-28-21-25-24-20(26(21)3)16-9-11-17(22)12-10-16/h5-12,18H,4,13H2,1-3H3,(H,23,27)/t18-/m1/s1. The molecule has 0 spiro atoms. The van der Waals surface area contributed by atoms with E-state index in [9.17, 15) is 4.79 Å². The Morgan fingerprint density at radius 1 is 1.14 bits per heavy atom. The number of hydrogen-bond acceptors (Lipinski definition) is 4. The van der Waals surface area contributed by atoms with Crippen molar-refractivity contribution in [3.8, 4) is 11.4 Å². The van der Waals surface area contributed by atoms with Crippen LogP contribution in [0, 0.1) is 6.92 Å². The molecule has 0 unspecified atom stereocenters. The van der Waals surface area contributed by atoms with Crippen LogP contribution >= 0.6 is 23.4 Å². The van der Waals surface area contributed by atoms with E-state index in [2.05, 4.69) is 53.6 Å². The highest BCUT2D eigenvalue weighted by Crippen LogP contribution is 2.24. The normalized spacial score (nSPS) is 12.0. The van der Waals surface area contributed by atoms with Crippen LogP contribution < -0.4 is 5.32 Å². The van der Waals surface area contributed by atoms with Crippen molar-refractivity contribution in [2.24, 2.45) is 7.05 Å². The predicted octanol–water partition coefficient (Wildman–Crippen LogP) is 4.80. The molecule has 1 amide bonds. The van der Waals surface area contributed by atoms with Gasteiger partial charge >= 0.3 is 0 Å². The molecular weight excluding hydrogens is 392 g/mol. The van der Waals surface area contributed by atoms with Gasteiger partial charge in [-0.3, -0.25) is 4.79 Å². The average molecular weight is 415 g/mol. The molecule has 1 atom stereocenters. The van der Waals surface area contributed by atoms with Gasteiger partial charge in [0.1, 0.15) is 0 Å². The zero-order valence-electron chi connectivity index (χ0n) is 16.1. The van der Waals surface area contributed by atoms with Crippen LogP contribution in [0.3, 0.4) is 0 Å². The molecule has 0 saturated heterocycles. The number of aromatic nitrogens is 3. The minimum atomic E-state index is -0.0199. The minimum Gasteiger partial charge on any atom is -0.349 e. The minimum absolute atomic E-state index is 0.0119. The van der Waals surface area contributed by atoms with E-state index in [1.165, 1.54) is 17.3 Å². The maximum atomic E-state index is 12.4. The van der Waals surface area contributed by atoms with Gasteiger partial charge in [-0.1, -0.05) is 60.1 Å². The molecule has 0 aliphatic carbocycles. The second-order valence-corrected chi connectivity index (χ2v) is 7.98. The van der Waals surface area contributed by atoms with Gasteiger partial charge in [0.05, 0.1) is 11.8 Å². The van der Waals surface area contributed by atoms with Crippen LogP contribution in [0.1, 0.15) is 30.5 Å². The van der Waals surface area contributed by atoms with Gasteiger partial charge in [-0.2, -0.15) is 0 Å². The molecule has 3 rings (SSSR count). The first-order valence-corrected chi connectivity index (χ1v) is 10.5. The van der Waals surface area contributed by atoms with Crippen LogP contribution in [0.5, 0.6) is 0 Å². The van der Waals surface area contributed by atoms with E-state index >= 15 is 0 Å². The second-order valence-electron chi connectivity index (χ2n) is 6.60. The Bertz CT molecular complexity index is 938. The van der Waals surface area contributed by atoms with E-state index in [1.807, 2.05) is 35.9 Å². The maximum Gasteiger partial charge on any atom is 0.230 e. The summed E-state index contributed by atoms with van der Waals surface area (Å²) in [5.41, 5.74) is 3.26. The Morgan fingerprint density at radius 2 is 1.82 bits per heavy atom. The molecule has 146 valence electrons. The summed E-state index contributed by atoms with van der Waals surface area (Å²) in [6.07, 6.45) is 0.837. The number of halogens is 1. The lowest BCUT2D eigenvalue weighted by Gasteiger charge is -2.17. The quantitative estimate of drug-likeness (QED) is 0.564. The fourth-order valence-corrected chi connectivity index (χ4v) is 3.73. The lowest BCUT2D eigenvalue weighted by Crippen LogP contribution is -2.29. The summed E-state index contributed by atoms with van der Waals surface area (Å²) in [7, 11) is 1.89. The number of nitrogens with zero attached hydrogens (tertiary/aromatic N) is 3. The number of rotatable bonds is 7. The molecule has 1 heterocycles. The summed E-state index contributed by atoms with van der Waals surface area (Å²) >= 11 is 7.32. The fourth-order valence-electron chi connectivity index (χ4n) is 2.88. The van der Waals surface area contributed by atoms with Crippen LogP contribution in [0.25, 0.3) is 11.4 Å². The predicted molar refractivity (Wildman–Crippen MR) is 115 cm³/mol. The molecule has 5 nitrogen and oxygen atoms in total. The molecule has 1 N–H and O–H groups in total. The van der Waals surface area contributed by atoms with Crippen molar-refractivity contribution in [1.29, 1.82) is 0 Å². The number of aryl methyl sites for hydroxylation is 1. The van der Waals surface area contributed by atoms with Crippen LogP contribution in [-0.2, 0) is 11.8 Å². The van der Waals surface area contributed by atoms with Crippen LogP contribution in [0.4, 0.5) is 0 Å². The molecule has 2 aromatic carbocycles. The van der Waals surface area contributed by atoms with Crippen molar-refractivity contribution in [2.75, 3.05) is 5.75 Å². The molecule has 0 fully saturated rings. The Labute approximate surface area is 174 Å². The van der Waals surface area contributed by atoms with Crippen molar-refractivity contribution < 1.29 is 4.79 Å². The van der Waals surface area contributed by atoms with E-state index in [4.69, 9.17) is 11.6 Å². The Kier molecular flexibility index (Phi) is 6.75. The van der Waals surface area contributed by atoms with Crippen LogP contribution in [-0.4, -0.2) is 26.4 Å². The zero-order chi connectivity index (χ0) is 20.1. The van der Waals surface area contributed by atoms with Gasteiger partial charge in [0.25, 0.3) is 0 Å². The average Bonchev–Trinajstić information content (AvgIpc) is 3.06. The summed E-state index contributed by atoms with van der Waals surface area (Å²) < 4.78 is 1.89. The summed E-state index contributed by atoms with van der Waals surface area (Å²) in [5, 5.41) is 12.9. The summed E-state index contributed by atoms with van der Waals surface area (Å²) in [5.74, 6) is 1.01. The smallest absolute Gasteiger partial charge is 0.230 e. The first-order chi connectivity index (χ1) is 13.5. The number of thioether (sulfide) groups is 1. The van der Waals surface area contributed by atoms with Crippen molar-refractivity contribution in [1.82, 2.24) is 20.1 Å². The molecule has 0 radical (unpaired) electrons. The lowest BCUT2D eigenvalue weighted by molar-refractivity contribution is -0.119. The first kappa shape index (κ1) is 20.4. The molecule has 0 aliphatic rings. The van der Waals surface area contributed by atoms with Gasteiger partial charge in [0.2, 0.25) is 5.91 Å². The monoisotopic (exact) mass is 414 g/mol. The van der Waals surface area contributed by atoms with Gasteiger partial charge in [0, 0.05) is 17.6 Å². The second kappa shape index (κ2) is 9.26. The summed E-state index contributed by atoms with van der Waals surface area (Å²) in [6, 6.07) is 15.7. The first-order valence-electron chi connectivity index (χ1n) is 9.12. The number of hydrogen-bond donors (Lipinski definition) is 1. The van der Waals surface area contributed by atoms with Gasteiger partial charge in [-0.15, -0.1) is 10.2 Å². The molecule has 28 heavy (non-hydrogen) atoms. The number of benzene rings is 2. The SMILES string of the molecule is CC[C@@H](NC(=O)CSc1nnc(-c2ccc(Cl)cc2)n1C)c1ccc(C)cc1. The molecule has 0 aliphatic heterocycles. The van der Waals surface area contributed by atoms with Gasteiger partial charge in [-0.25, -0.2) is 0 Å². The highest BCUT2D eigenvalue weighted by molar-refractivity contribution is 7.99. The Hall–Kier alpha value is -2.31. The van der Waals surface area contributed by atoms with Crippen molar-refractivity contribution >= 4 is 29.3 Å². The van der Waals surface area contributed by atoms with Crippen molar-refractivity contribution in [2.45, 2.75) is 31.5 Å². The molecule has 0 saturated carbocycles. The lowest BCUT2D eigenvalue weighted by atomic mass is 10.0. The topological polar surface area (TPSA) is 59.8 Å². The molecule has 3 aromatic rings. The highest BCUT2D eigenvalue weighted by atomic mass is 35.5.